The van der Waals surface area contributed by atoms with Gasteiger partial charge in [0.15, 0.2) is 0 Å². The molecular formula is C18H32N2O. The summed E-state index contributed by atoms with van der Waals surface area (Å²) < 4.78 is 0. The zero-order valence-corrected chi connectivity index (χ0v) is 14.0. The minimum Gasteiger partial charge on any atom is -0.323 e. The lowest BCUT2D eigenvalue weighted by Gasteiger charge is -2.41. The van der Waals surface area contributed by atoms with Gasteiger partial charge in [0, 0.05) is 6.04 Å². The maximum absolute atomic E-state index is 13.0. The fourth-order valence-corrected chi connectivity index (χ4v) is 4.52. The lowest BCUT2D eigenvalue weighted by atomic mass is 9.79. The number of hydrogen-bond donors (Lipinski definition) is 1. The highest BCUT2D eigenvalue weighted by atomic mass is 16.2. The highest BCUT2D eigenvalue weighted by Crippen LogP contribution is 2.39. The van der Waals surface area contributed by atoms with E-state index in [1.165, 1.54) is 44.9 Å². The Labute approximate surface area is 129 Å². The summed E-state index contributed by atoms with van der Waals surface area (Å²) in [5.41, 5.74) is 0. The summed E-state index contributed by atoms with van der Waals surface area (Å²) in [6.45, 7) is 6.71. The topological polar surface area (TPSA) is 32.3 Å². The first-order chi connectivity index (χ1) is 10.1. The summed E-state index contributed by atoms with van der Waals surface area (Å²) >= 11 is 0. The highest BCUT2D eigenvalue weighted by molar-refractivity contribution is 5.85. The number of amides is 1. The maximum atomic E-state index is 13.0. The van der Waals surface area contributed by atoms with Gasteiger partial charge in [0.05, 0.1) is 12.2 Å². The average molecular weight is 292 g/mol. The molecular weight excluding hydrogens is 260 g/mol. The van der Waals surface area contributed by atoms with Gasteiger partial charge in [0.2, 0.25) is 5.91 Å². The molecule has 2 aliphatic carbocycles. The summed E-state index contributed by atoms with van der Waals surface area (Å²) in [4.78, 5) is 15.3. The van der Waals surface area contributed by atoms with E-state index < -0.39 is 0 Å². The fourth-order valence-electron chi connectivity index (χ4n) is 4.52. The molecule has 120 valence electrons. The van der Waals surface area contributed by atoms with Crippen molar-refractivity contribution in [3.05, 3.63) is 0 Å². The molecule has 3 rings (SSSR count). The molecule has 3 fully saturated rings. The van der Waals surface area contributed by atoms with Crippen LogP contribution in [0, 0.1) is 17.8 Å². The summed E-state index contributed by atoms with van der Waals surface area (Å²) in [5, 5.41) is 3.74. The summed E-state index contributed by atoms with van der Waals surface area (Å²) in [6.07, 6.45) is 10.7. The molecule has 0 aromatic carbocycles. The molecule has 1 saturated heterocycles. The molecule has 1 aliphatic heterocycles. The van der Waals surface area contributed by atoms with Gasteiger partial charge in [-0.05, 0) is 50.4 Å². The second kappa shape index (κ2) is 6.28. The van der Waals surface area contributed by atoms with Crippen LogP contribution in [0.5, 0.6) is 0 Å². The lowest BCUT2D eigenvalue weighted by molar-refractivity contribution is -0.135. The average Bonchev–Trinajstić information content (AvgIpc) is 3.02. The van der Waals surface area contributed by atoms with Gasteiger partial charge < -0.3 is 4.90 Å². The lowest BCUT2D eigenvalue weighted by Crippen LogP contribution is -2.50. The third-order valence-electron chi connectivity index (χ3n) is 6.50. The number of carbonyl (C=O) groups excluding carboxylic acids is 1. The highest BCUT2D eigenvalue weighted by Gasteiger charge is 2.48. The van der Waals surface area contributed by atoms with Crippen LogP contribution < -0.4 is 5.32 Å². The molecule has 21 heavy (non-hydrogen) atoms. The van der Waals surface area contributed by atoms with Crippen molar-refractivity contribution in [1.82, 2.24) is 10.2 Å². The van der Waals surface area contributed by atoms with E-state index in [9.17, 15) is 4.79 Å². The maximum Gasteiger partial charge on any atom is 0.241 e. The van der Waals surface area contributed by atoms with Gasteiger partial charge >= 0.3 is 0 Å². The van der Waals surface area contributed by atoms with Crippen molar-refractivity contribution in [3.8, 4) is 0 Å². The van der Waals surface area contributed by atoms with E-state index >= 15 is 0 Å². The molecule has 1 amide bonds. The van der Waals surface area contributed by atoms with Crippen molar-refractivity contribution < 1.29 is 4.79 Å². The Morgan fingerprint density at radius 3 is 2.33 bits per heavy atom. The Bertz CT molecular complexity index is 373. The van der Waals surface area contributed by atoms with Gasteiger partial charge in [-0.15, -0.1) is 0 Å². The van der Waals surface area contributed by atoms with Crippen molar-refractivity contribution in [1.29, 1.82) is 0 Å². The minimum atomic E-state index is 0.0585. The quantitative estimate of drug-likeness (QED) is 0.840. The van der Waals surface area contributed by atoms with Crippen LogP contribution in [0.25, 0.3) is 0 Å². The number of nitrogens with one attached hydrogen (secondary N) is 1. The first-order valence-corrected chi connectivity index (χ1v) is 9.21. The monoisotopic (exact) mass is 292 g/mol. The second-order valence-electron chi connectivity index (χ2n) is 7.70. The molecule has 1 heterocycles. The molecule has 3 nitrogen and oxygen atoms in total. The predicted octanol–water partition coefficient (Wildman–Crippen LogP) is 3.54. The van der Waals surface area contributed by atoms with Gasteiger partial charge in [0.1, 0.15) is 0 Å². The third kappa shape index (κ3) is 2.74. The second-order valence-corrected chi connectivity index (χ2v) is 7.70. The largest absolute Gasteiger partial charge is 0.323 e. The van der Waals surface area contributed by atoms with Crippen molar-refractivity contribution in [2.24, 2.45) is 17.8 Å². The third-order valence-corrected chi connectivity index (χ3v) is 6.50. The summed E-state index contributed by atoms with van der Waals surface area (Å²) in [7, 11) is 0. The van der Waals surface area contributed by atoms with E-state index in [0.29, 0.717) is 30.0 Å². The molecule has 1 N–H and O–H groups in total. The Hall–Kier alpha value is -0.570. The summed E-state index contributed by atoms with van der Waals surface area (Å²) in [5.74, 6) is 2.27. The van der Waals surface area contributed by atoms with E-state index in [1.807, 2.05) is 0 Å². The Morgan fingerprint density at radius 2 is 1.81 bits per heavy atom. The molecule has 0 aromatic heterocycles. The van der Waals surface area contributed by atoms with Crippen LogP contribution in [0.2, 0.25) is 0 Å². The van der Waals surface area contributed by atoms with E-state index in [1.54, 1.807) is 0 Å². The minimum absolute atomic E-state index is 0.0585. The summed E-state index contributed by atoms with van der Waals surface area (Å²) in [6, 6.07) is 0.488. The molecule has 3 heteroatoms. The van der Waals surface area contributed by atoms with Gasteiger partial charge in [-0.3, -0.25) is 10.1 Å². The van der Waals surface area contributed by atoms with Crippen LogP contribution in [-0.2, 0) is 4.79 Å². The fraction of sp³-hybridized carbons (Fsp3) is 0.944. The van der Waals surface area contributed by atoms with Crippen molar-refractivity contribution in [2.75, 3.05) is 0 Å². The van der Waals surface area contributed by atoms with Crippen molar-refractivity contribution in [3.63, 3.8) is 0 Å². The van der Waals surface area contributed by atoms with E-state index in [2.05, 4.69) is 31.0 Å². The zero-order chi connectivity index (χ0) is 15.0. The number of nitrogens with zero attached hydrogens (tertiary/aromatic N) is 1. The van der Waals surface area contributed by atoms with Gasteiger partial charge in [-0.1, -0.05) is 39.5 Å². The molecule has 0 bridgehead atoms. The molecule has 3 aliphatic rings. The molecule has 2 saturated carbocycles. The number of hydrogen-bond acceptors (Lipinski definition) is 2. The van der Waals surface area contributed by atoms with Crippen LogP contribution >= 0.6 is 0 Å². The molecule has 0 radical (unpaired) electrons. The van der Waals surface area contributed by atoms with Crippen LogP contribution in [0.4, 0.5) is 0 Å². The van der Waals surface area contributed by atoms with Crippen LogP contribution in [0.1, 0.15) is 72.1 Å². The Balaban J connectivity index is 1.78. The predicted molar refractivity (Wildman–Crippen MR) is 85.8 cm³/mol. The smallest absolute Gasteiger partial charge is 0.241 e. The first kappa shape index (κ1) is 15.3. The van der Waals surface area contributed by atoms with E-state index in [0.717, 1.165) is 12.3 Å². The number of carbonyl (C=O) groups is 1. The van der Waals surface area contributed by atoms with Crippen LogP contribution in [-0.4, -0.2) is 29.1 Å². The van der Waals surface area contributed by atoms with Crippen LogP contribution in [0.15, 0.2) is 0 Å². The van der Waals surface area contributed by atoms with Crippen molar-refractivity contribution in [2.45, 2.75) is 90.4 Å². The standard InChI is InChI=1S/C18H32N2O/c1-4-12(2)16-18(21)20(13(3)14-10-7-11-14)17(19-16)15-8-5-6-9-15/h12-17,19H,4-11H2,1-3H3. The molecule has 4 unspecified atom stereocenters. The molecule has 0 aromatic rings. The van der Waals surface area contributed by atoms with Gasteiger partial charge in [0.25, 0.3) is 0 Å². The van der Waals surface area contributed by atoms with E-state index in [4.69, 9.17) is 0 Å². The number of rotatable bonds is 5. The van der Waals surface area contributed by atoms with Gasteiger partial charge in [-0.25, -0.2) is 0 Å². The van der Waals surface area contributed by atoms with Crippen LogP contribution in [0.3, 0.4) is 0 Å². The Kier molecular flexibility index (Phi) is 4.58. The molecule has 4 atom stereocenters. The van der Waals surface area contributed by atoms with E-state index in [-0.39, 0.29) is 6.04 Å². The van der Waals surface area contributed by atoms with Gasteiger partial charge in [-0.2, -0.15) is 0 Å². The first-order valence-electron chi connectivity index (χ1n) is 9.21. The molecule has 0 spiro atoms. The normalized spacial score (nSPS) is 34.2. The zero-order valence-electron chi connectivity index (χ0n) is 14.0. The Morgan fingerprint density at radius 1 is 1.14 bits per heavy atom. The van der Waals surface area contributed by atoms with Crippen molar-refractivity contribution >= 4 is 5.91 Å². The SMILES string of the molecule is CCC(C)C1NC(C2CCCC2)N(C(C)C2CCC2)C1=O.